The highest BCUT2D eigenvalue weighted by atomic mass is 32.2. The molecule has 26 heavy (non-hydrogen) atoms. The number of nitro groups is 1. The van der Waals surface area contributed by atoms with Crippen LogP contribution >= 0.6 is 11.8 Å². The predicted molar refractivity (Wildman–Crippen MR) is 97.5 cm³/mol. The van der Waals surface area contributed by atoms with Gasteiger partial charge in [0.1, 0.15) is 0 Å². The van der Waals surface area contributed by atoms with Gasteiger partial charge in [-0.25, -0.2) is 0 Å². The number of thioether (sulfide) groups is 1. The molecule has 0 aliphatic heterocycles. The molecule has 1 unspecified atom stereocenters. The molecule has 0 heterocycles. The summed E-state index contributed by atoms with van der Waals surface area (Å²) in [7, 11) is 0. The summed E-state index contributed by atoms with van der Waals surface area (Å²) in [6.45, 7) is 3.05. The first-order valence-electron chi connectivity index (χ1n) is 7.80. The average molecular weight is 374 g/mol. The number of carbonyl (C=O) groups excluding carboxylic acids is 2. The van der Waals surface area contributed by atoms with Crippen molar-refractivity contribution in [3.05, 3.63) is 70.3 Å². The summed E-state index contributed by atoms with van der Waals surface area (Å²) in [4.78, 5) is 34.6. The van der Waals surface area contributed by atoms with E-state index in [1.54, 1.807) is 0 Å². The number of amides is 1. The fraction of sp³-hybridized carbons (Fsp3) is 0.222. The lowest BCUT2D eigenvalue weighted by Gasteiger charge is -2.20. The summed E-state index contributed by atoms with van der Waals surface area (Å²) in [5.41, 5.74) is -0.233. The number of rotatable bonds is 7. The number of hydrogen-bond acceptors (Lipinski definition) is 6. The van der Waals surface area contributed by atoms with E-state index in [2.05, 4.69) is 5.32 Å². The van der Waals surface area contributed by atoms with E-state index < -0.39 is 22.2 Å². The second-order valence-electron chi connectivity index (χ2n) is 5.45. The first kappa shape index (κ1) is 19.5. The van der Waals surface area contributed by atoms with Crippen molar-refractivity contribution >= 4 is 29.3 Å². The lowest BCUT2D eigenvalue weighted by atomic mass is 10.1. The van der Waals surface area contributed by atoms with E-state index in [0.29, 0.717) is 4.90 Å². The molecule has 0 saturated carbocycles. The molecule has 7 nitrogen and oxygen atoms in total. The fourth-order valence-electron chi connectivity index (χ4n) is 2.16. The SMILES string of the molecule is CC(=O)OC(Sc1ccc([N+](=O)[O-])cc1)C(=O)N[C@@H](C)c1ccccc1. The van der Waals surface area contributed by atoms with Crippen LogP contribution in [0.4, 0.5) is 5.69 Å². The number of nitrogens with one attached hydrogen (secondary N) is 1. The van der Waals surface area contributed by atoms with Crippen molar-refractivity contribution in [3.8, 4) is 0 Å². The Morgan fingerprint density at radius 1 is 1.12 bits per heavy atom. The van der Waals surface area contributed by atoms with Gasteiger partial charge in [0.15, 0.2) is 0 Å². The number of esters is 1. The smallest absolute Gasteiger partial charge is 0.304 e. The van der Waals surface area contributed by atoms with E-state index in [0.717, 1.165) is 17.3 Å². The van der Waals surface area contributed by atoms with E-state index in [9.17, 15) is 19.7 Å². The van der Waals surface area contributed by atoms with Gasteiger partial charge in [-0.05, 0) is 24.6 Å². The molecule has 2 aromatic rings. The average Bonchev–Trinajstić information content (AvgIpc) is 2.62. The van der Waals surface area contributed by atoms with Crippen molar-refractivity contribution < 1.29 is 19.2 Å². The van der Waals surface area contributed by atoms with Crippen LogP contribution in [0.5, 0.6) is 0 Å². The third-order valence-corrected chi connectivity index (χ3v) is 4.50. The normalized spacial score (nSPS) is 12.7. The van der Waals surface area contributed by atoms with Crippen molar-refractivity contribution in [1.82, 2.24) is 5.32 Å². The molecule has 8 heteroatoms. The summed E-state index contributed by atoms with van der Waals surface area (Å²) < 4.78 is 5.11. The van der Waals surface area contributed by atoms with Gasteiger partial charge >= 0.3 is 5.97 Å². The van der Waals surface area contributed by atoms with Crippen LogP contribution in [-0.2, 0) is 14.3 Å². The fourth-order valence-corrected chi connectivity index (χ4v) is 3.06. The molecule has 0 aliphatic carbocycles. The monoisotopic (exact) mass is 374 g/mol. The topological polar surface area (TPSA) is 98.5 Å². The second kappa shape index (κ2) is 9.00. The van der Waals surface area contributed by atoms with Crippen LogP contribution in [0.1, 0.15) is 25.5 Å². The molecule has 0 fully saturated rings. The van der Waals surface area contributed by atoms with Gasteiger partial charge in [0.25, 0.3) is 11.6 Å². The first-order valence-corrected chi connectivity index (χ1v) is 8.68. The second-order valence-corrected chi connectivity index (χ2v) is 6.59. The Labute approximate surface area is 154 Å². The molecular weight excluding hydrogens is 356 g/mol. The molecule has 2 atom stereocenters. The van der Waals surface area contributed by atoms with Gasteiger partial charge in [-0.15, -0.1) is 0 Å². The maximum Gasteiger partial charge on any atom is 0.304 e. The lowest BCUT2D eigenvalue weighted by Crippen LogP contribution is -2.36. The van der Waals surface area contributed by atoms with Crippen molar-refractivity contribution in [2.45, 2.75) is 30.2 Å². The number of non-ortho nitro benzene ring substituents is 1. The van der Waals surface area contributed by atoms with Gasteiger partial charge < -0.3 is 10.1 Å². The molecule has 136 valence electrons. The quantitative estimate of drug-likeness (QED) is 0.262. The molecule has 1 N–H and O–H groups in total. The van der Waals surface area contributed by atoms with Crippen LogP contribution in [0.15, 0.2) is 59.5 Å². The molecule has 0 radical (unpaired) electrons. The van der Waals surface area contributed by atoms with Crippen molar-refractivity contribution in [1.29, 1.82) is 0 Å². The Morgan fingerprint density at radius 3 is 2.27 bits per heavy atom. The van der Waals surface area contributed by atoms with E-state index in [4.69, 9.17) is 4.74 Å². The van der Waals surface area contributed by atoms with Crippen molar-refractivity contribution in [2.75, 3.05) is 0 Å². The standard InChI is InChI=1S/C18H18N2O5S/c1-12(14-6-4-3-5-7-14)19-17(22)18(25-13(2)21)26-16-10-8-15(9-11-16)20(23)24/h3-12,18H,1-2H3,(H,19,22)/t12-,18?/m0/s1. The number of ether oxygens (including phenoxy) is 1. The van der Waals surface area contributed by atoms with Gasteiger partial charge in [0.05, 0.1) is 11.0 Å². The van der Waals surface area contributed by atoms with Crippen LogP contribution in [0, 0.1) is 10.1 Å². The van der Waals surface area contributed by atoms with Gasteiger partial charge in [0.2, 0.25) is 5.44 Å². The first-order chi connectivity index (χ1) is 12.4. The van der Waals surface area contributed by atoms with Gasteiger partial charge in [-0.3, -0.25) is 19.7 Å². The van der Waals surface area contributed by atoms with Crippen molar-refractivity contribution in [3.63, 3.8) is 0 Å². The van der Waals surface area contributed by atoms with Crippen molar-refractivity contribution in [2.24, 2.45) is 0 Å². The zero-order valence-electron chi connectivity index (χ0n) is 14.2. The molecule has 0 aliphatic rings. The Kier molecular flexibility index (Phi) is 6.74. The Morgan fingerprint density at radius 2 is 1.73 bits per heavy atom. The molecule has 0 spiro atoms. The Bertz CT molecular complexity index is 780. The summed E-state index contributed by atoms with van der Waals surface area (Å²) in [6, 6.07) is 14.8. The molecule has 0 bridgehead atoms. The van der Waals surface area contributed by atoms with Crippen LogP contribution in [0.3, 0.4) is 0 Å². The number of nitro benzene ring substituents is 1. The number of hydrogen-bond donors (Lipinski definition) is 1. The van der Waals surface area contributed by atoms with Crippen LogP contribution in [0.2, 0.25) is 0 Å². The van der Waals surface area contributed by atoms with E-state index in [1.165, 1.54) is 31.2 Å². The maximum absolute atomic E-state index is 12.5. The molecular formula is C18H18N2O5S. The molecule has 0 saturated heterocycles. The molecule has 2 rings (SSSR count). The highest BCUT2D eigenvalue weighted by Gasteiger charge is 2.25. The lowest BCUT2D eigenvalue weighted by molar-refractivity contribution is -0.384. The number of nitrogens with zero attached hydrogens (tertiary/aromatic N) is 1. The predicted octanol–water partition coefficient (Wildman–Crippen LogP) is 3.45. The third kappa shape index (κ3) is 5.59. The molecule has 2 aromatic carbocycles. The van der Waals surface area contributed by atoms with Gasteiger partial charge in [-0.1, -0.05) is 42.1 Å². The molecule has 0 aromatic heterocycles. The van der Waals surface area contributed by atoms with Crippen LogP contribution in [-0.4, -0.2) is 22.2 Å². The van der Waals surface area contributed by atoms with E-state index in [-0.39, 0.29) is 11.7 Å². The van der Waals surface area contributed by atoms with E-state index >= 15 is 0 Å². The molecule has 1 amide bonds. The number of carbonyl (C=O) groups is 2. The Hall–Kier alpha value is -2.87. The summed E-state index contributed by atoms with van der Waals surface area (Å²) in [5, 5.41) is 13.5. The highest BCUT2D eigenvalue weighted by molar-refractivity contribution is 8.00. The Balaban J connectivity index is 2.09. The minimum atomic E-state index is -1.10. The zero-order chi connectivity index (χ0) is 19.1. The van der Waals surface area contributed by atoms with Crippen LogP contribution < -0.4 is 5.32 Å². The number of benzene rings is 2. The highest BCUT2D eigenvalue weighted by Crippen LogP contribution is 2.27. The van der Waals surface area contributed by atoms with Crippen LogP contribution in [0.25, 0.3) is 0 Å². The van der Waals surface area contributed by atoms with E-state index in [1.807, 2.05) is 37.3 Å². The van der Waals surface area contributed by atoms with Gasteiger partial charge in [0, 0.05) is 24.0 Å². The minimum absolute atomic E-state index is 0.0551. The van der Waals surface area contributed by atoms with Gasteiger partial charge in [-0.2, -0.15) is 0 Å². The maximum atomic E-state index is 12.5. The summed E-state index contributed by atoms with van der Waals surface area (Å²) in [5.74, 6) is -1.05. The third-order valence-electron chi connectivity index (χ3n) is 3.44. The summed E-state index contributed by atoms with van der Waals surface area (Å²) in [6.07, 6.45) is 0. The summed E-state index contributed by atoms with van der Waals surface area (Å²) >= 11 is 1.01. The minimum Gasteiger partial charge on any atom is -0.441 e. The zero-order valence-corrected chi connectivity index (χ0v) is 15.1. The largest absolute Gasteiger partial charge is 0.441 e.